The van der Waals surface area contributed by atoms with Crippen molar-refractivity contribution < 1.29 is 14.6 Å². The molecule has 0 bridgehead atoms. The summed E-state index contributed by atoms with van der Waals surface area (Å²) < 4.78 is 10.0. The first-order valence-electron chi connectivity index (χ1n) is 4.85. The van der Waals surface area contributed by atoms with Crippen molar-refractivity contribution in [1.82, 2.24) is 0 Å². The standard InChI is InChI=1S/C11H14Cl2O3/c1-15-5-6-16-7-10(14)8-3-2-4-9(12)11(8)13/h2-4,10,14H,5-7H2,1H3. The minimum absolute atomic E-state index is 0.170. The number of aliphatic hydroxyl groups is 1. The summed E-state index contributed by atoms with van der Waals surface area (Å²) in [4.78, 5) is 0. The number of rotatable bonds is 6. The third-order valence-corrected chi connectivity index (χ3v) is 2.88. The first kappa shape index (κ1) is 13.7. The van der Waals surface area contributed by atoms with Gasteiger partial charge in [-0.05, 0) is 6.07 Å². The lowest BCUT2D eigenvalue weighted by atomic mass is 10.1. The quantitative estimate of drug-likeness (QED) is 0.804. The molecule has 0 amide bonds. The van der Waals surface area contributed by atoms with Crippen LogP contribution in [-0.4, -0.2) is 32.0 Å². The Kier molecular flexibility index (Phi) is 6.09. The molecule has 0 aromatic heterocycles. The number of hydrogen-bond acceptors (Lipinski definition) is 3. The molecule has 16 heavy (non-hydrogen) atoms. The van der Waals surface area contributed by atoms with Crippen molar-refractivity contribution in [3.8, 4) is 0 Å². The van der Waals surface area contributed by atoms with E-state index in [2.05, 4.69) is 0 Å². The zero-order valence-corrected chi connectivity index (χ0v) is 10.5. The van der Waals surface area contributed by atoms with Crippen LogP contribution in [-0.2, 0) is 9.47 Å². The predicted octanol–water partition coefficient (Wildman–Crippen LogP) is 2.69. The van der Waals surface area contributed by atoms with Gasteiger partial charge < -0.3 is 14.6 Å². The van der Waals surface area contributed by atoms with E-state index in [1.165, 1.54) is 0 Å². The Bertz CT molecular complexity index is 331. The molecule has 0 saturated carbocycles. The first-order chi connectivity index (χ1) is 7.66. The average Bonchev–Trinajstić information content (AvgIpc) is 2.28. The van der Waals surface area contributed by atoms with E-state index in [9.17, 15) is 5.11 Å². The second-order valence-corrected chi connectivity index (χ2v) is 4.01. The Hall–Kier alpha value is -0.320. The molecule has 1 atom stereocenters. The summed E-state index contributed by atoms with van der Waals surface area (Å²) in [6.07, 6.45) is -0.775. The van der Waals surface area contributed by atoms with Crippen molar-refractivity contribution in [3.05, 3.63) is 33.8 Å². The Morgan fingerprint density at radius 1 is 1.31 bits per heavy atom. The van der Waals surface area contributed by atoms with E-state index >= 15 is 0 Å². The highest BCUT2D eigenvalue weighted by Gasteiger charge is 2.13. The smallest absolute Gasteiger partial charge is 0.104 e. The fourth-order valence-electron chi connectivity index (χ4n) is 1.20. The van der Waals surface area contributed by atoms with Crippen LogP contribution in [0.5, 0.6) is 0 Å². The topological polar surface area (TPSA) is 38.7 Å². The van der Waals surface area contributed by atoms with Gasteiger partial charge in [0.05, 0.1) is 29.9 Å². The Balaban J connectivity index is 2.52. The second kappa shape index (κ2) is 7.09. The molecule has 0 fully saturated rings. The van der Waals surface area contributed by atoms with Gasteiger partial charge in [0, 0.05) is 12.7 Å². The molecule has 0 saturated heterocycles. The van der Waals surface area contributed by atoms with E-state index in [1.54, 1.807) is 25.3 Å². The van der Waals surface area contributed by atoms with Crippen molar-refractivity contribution >= 4 is 23.2 Å². The van der Waals surface area contributed by atoms with E-state index in [0.717, 1.165) is 0 Å². The molecular weight excluding hydrogens is 251 g/mol. The van der Waals surface area contributed by atoms with Crippen LogP contribution >= 0.6 is 23.2 Å². The van der Waals surface area contributed by atoms with Gasteiger partial charge in [-0.2, -0.15) is 0 Å². The molecule has 90 valence electrons. The fraction of sp³-hybridized carbons (Fsp3) is 0.455. The minimum atomic E-state index is -0.775. The van der Waals surface area contributed by atoms with Crippen molar-refractivity contribution in [3.63, 3.8) is 0 Å². The number of hydrogen-bond donors (Lipinski definition) is 1. The van der Waals surface area contributed by atoms with Gasteiger partial charge in [-0.3, -0.25) is 0 Å². The zero-order valence-electron chi connectivity index (χ0n) is 8.95. The number of benzene rings is 1. The minimum Gasteiger partial charge on any atom is -0.386 e. The van der Waals surface area contributed by atoms with Crippen LogP contribution in [0.4, 0.5) is 0 Å². The maximum absolute atomic E-state index is 9.82. The summed E-state index contributed by atoms with van der Waals surface area (Å²) in [7, 11) is 1.59. The van der Waals surface area contributed by atoms with Gasteiger partial charge in [0.2, 0.25) is 0 Å². The third-order valence-electron chi connectivity index (χ3n) is 2.05. The summed E-state index contributed by atoms with van der Waals surface area (Å²) in [5, 5.41) is 10.6. The summed E-state index contributed by atoms with van der Waals surface area (Å²) in [5.41, 5.74) is 0.576. The van der Waals surface area contributed by atoms with Gasteiger partial charge >= 0.3 is 0 Å². The normalized spacial score (nSPS) is 12.8. The monoisotopic (exact) mass is 264 g/mol. The Morgan fingerprint density at radius 3 is 2.75 bits per heavy atom. The van der Waals surface area contributed by atoms with Gasteiger partial charge in [0.15, 0.2) is 0 Å². The van der Waals surface area contributed by atoms with Crippen LogP contribution < -0.4 is 0 Å². The van der Waals surface area contributed by atoms with Crippen LogP contribution in [0.2, 0.25) is 10.0 Å². The number of halogens is 2. The highest BCUT2D eigenvalue weighted by atomic mass is 35.5. The van der Waals surface area contributed by atoms with E-state index in [1.807, 2.05) is 0 Å². The molecule has 5 heteroatoms. The van der Waals surface area contributed by atoms with Crippen molar-refractivity contribution in [2.75, 3.05) is 26.9 Å². The summed E-state index contributed by atoms with van der Waals surface area (Å²) in [5.74, 6) is 0. The molecule has 0 aliphatic carbocycles. The first-order valence-corrected chi connectivity index (χ1v) is 5.61. The molecular formula is C11H14Cl2O3. The molecule has 1 aromatic rings. The summed E-state index contributed by atoms with van der Waals surface area (Å²) in [6.45, 7) is 1.10. The summed E-state index contributed by atoms with van der Waals surface area (Å²) >= 11 is 11.8. The van der Waals surface area contributed by atoms with Crippen LogP contribution in [0.25, 0.3) is 0 Å². The van der Waals surface area contributed by atoms with Crippen molar-refractivity contribution in [2.45, 2.75) is 6.10 Å². The molecule has 0 aliphatic heterocycles. The average molecular weight is 265 g/mol. The molecule has 1 N–H and O–H groups in total. The van der Waals surface area contributed by atoms with E-state index in [0.29, 0.717) is 28.8 Å². The number of aliphatic hydroxyl groups excluding tert-OH is 1. The van der Waals surface area contributed by atoms with Crippen molar-refractivity contribution in [1.29, 1.82) is 0 Å². The van der Waals surface area contributed by atoms with E-state index in [4.69, 9.17) is 32.7 Å². The zero-order chi connectivity index (χ0) is 12.0. The Labute approximate surface area is 105 Å². The molecule has 0 radical (unpaired) electrons. The van der Waals surface area contributed by atoms with Crippen molar-refractivity contribution in [2.24, 2.45) is 0 Å². The van der Waals surface area contributed by atoms with Gasteiger partial charge in [-0.15, -0.1) is 0 Å². The van der Waals surface area contributed by atoms with Gasteiger partial charge in [0.25, 0.3) is 0 Å². The van der Waals surface area contributed by atoms with Gasteiger partial charge in [0.1, 0.15) is 6.10 Å². The predicted molar refractivity (Wildman–Crippen MR) is 64.1 cm³/mol. The number of methoxy groups -OCH3 is 1. The maximum Gasteiger partial charge on any atom is 0.104 e. The highest BCUT2D eigenvalue weighted by molar-refractivity contribution is 6.42. The Morgan fingerprint density at radius 2 is 2.06 bits per heavy atom. The molecule has 0 heterocycles. The molecule has 1 aromatic carbocycles. The lowest BCUT2D eigenvalue weighted by molar-refractivity contribution is 0.0126. The van der Waals surface area contributed by atoms with E-state index < -0.39 is 6.10 Å². The largest absolute Gasteiger partial charge is 0.386 e. The SMILES string of the molecule is COCCOCC(O)c1cccc(Cl)c1Cl. The van der Waals surface area contributed by atoms with Crippen LogP contribution in [0.15, 0.2) is 18.2 Å². The third kappa shape index (κ3) is 3.92. The molecule has 1 unspecified atom stereocenters. The molecule has 0 spiro atoms. The van der Waals surface area contributed by atoms with E-state index in [-0.39, 0.29) is 6.61 Å². The number of ether oxygens (including phenoxy) is 2. The highest BCUT2D eigenvalue weighted by Crippen LogP contribution is 2.29. The molecule has 0 aliphatic rings. The fourth-order valence-corrected chi connectivity index (χ4v) is 1.64. The molecule has 3 nitrogen and oxygen atoms in total. The lowest BCUT2D eigenvalue weighted by Crippen LogP contribution is -2.11. The van der Waals surface area contributed by atoms with Gasteiger partial charge in [-0.1, -0.05) is 35.3 Å². The van der Waals surface area contributed by atoms with Crippen LogP contribution in [0.1, 0.15) is 11.7 Å². The van der Waals surface area contributed by atoms with Gasteiger partial charge in [-0.25, -0.2) is 0 Å². The second-order valence-electron chi connectivity index (χ2n) is 3.23. The van der Waals surface area contributed by atoms with Crippen LogP contribution in [0, 0.1) is 0 Å². The maximum atomic E-state index is 9.82. The summed E-state index contributed by atoms with van der Waals surface area (Å²) in [6, 6.07) is 5.13. The lowest BCUT2D eigenvalue weighted by Gasteiger charge is -2.13. The molecule has 1 rings (SSSR count). The van der Waals surface area contributed by atoms with Crippen LogP contribution in [0.3, 0.4) is 0 Å².